The predicted molar refractivity (Wildman–Crippen MR) is 114 cm³/mol. The van der Waals surface area contributed by atoms with Gasteiger partial charge in [0.15, 0.2) is 6.10 Å². The number of aryl methyl sites for hydroxylation is 3. The van der Waals surface area contributed by atoms with Crippen LogP contribution in [0, 0.1) is 0 Å². The number of benzene rings is 1. The van der Waals surface area contributed by atoms with Crippen molar-refractivity contribution in [2.75, 3.05) is 12.4 Å². The van der Waals surface area contributed by atoms with Gasteiger partial charge in [0.25, 0.3) is 5.91 Å². The first-order valence-electron chi connectivity index (χ1n) is 10.4. The fraction of sp³-hybridized carbons (Fsp3) is 0.478. The zero-order chi connectivity index (χ0) is 20.4. The number of hydrogen-bond donors (Lipinski definition) is 1. The van der Waals surface area contributed by atoms with Crippen LogP contribution >= 0.6 is 11.3 Å². The van der Waals surface area contributed by atoms with Gasteiger partial charge in [-0.25, -0.2) is 4.79 Å². The van der Waals surface area contributed by atoms with Crippen molar-refractivity contribution in [3.63, 3.8) is 0 Å². The van der Waals surface area contributed by atoms with Crippen molar-refractivity contribution in [1.82, 2.24) is 0 Å². The molecule has 0 aliphatic heterocycles. The van der Waals surface area contributed by atoms with Gasteiger partial charge in [0.1, 0.15) is 10.8 Å². The molecule has 0 saturated carbocycles. The van der Waals surface area contributed by atoms with Crippen molar-refractivity contribution in [2.45, 2.75) is 64.4 Å². The van der Waals surface area contributed by atoms with Crippen molar-refractivity contribution < 1.29 is 19.1 Å². The predicted octanol–water partition coefficient (Wildman–Crippen LogP) is 4.70. The number of esters is 1. The zero-order valence-electron chi connectivity index (χ0n) is 17.0. The van der Waals surface area contributed by atoms with Crippen LogP contribution in [-0.4, -0.2) is 25.1 Å². The van der Waals surface area contributed by atoms with E-state index in [0.29, 0.717) is 16.3 Å². The van der Waals surface area contributed by atoms with E-state index in [1.54, 1.807) is 6.92 Å². The van der Waals surface area contributed by atoms with Crippen molar-refractivity contribution in [3.8, 4) is 5.75 Å². The van der Waals surface area contributed by atoms with Crippen LogP contribution in [0.4, 0.5) is 5.00 Å². The second kappa shape index (κ2) is 8.57. The second-order valence-electron chi connectivity index (χ2n) is 7.79. The first kappa shape index (κ1) is 20.0. The summed E-state index contributed by atoms with van der Waals surface area (Å²) in [6.45, 7) is 1.74. The van der Waals surface area contributed by atoms with Crippen LogP contribution in [0.15, 0.2) is 18.2 Å². The van der Waals surface area contributed by atoms with Crippen LogP contribution in [-0.2, 0) is 35.2 Å². The summed E-state index contributed by atoms with van der Waals surface area (Å²) in [5, 5.41) is 3.50. The lowest BCUT2D eigenvalue weighted by Gasteiger charge is -2.19. The van der Waals surface area contributed by atoms with E-state index >= 15 is 0 Å². The molecule has 0 bridgehead atoms. The molecule has 2 aromatic rings. The summed E-state index contributed by atoms with van der Waals surface area (Å²) in [5.41, 5.74) is 4.25. The van der Waals surface area contributed by atoms with E-state index in [4.69, 9.17) is 9.47 Å². The molecule has 1 amide bonds. The molecule has 0 fully saturated rings. The number of methoxy groups -OCH3 is 1. The number of hydrogen-bond acceptors (Lipinski definition) is 5. The maximum Gasteiger partial charge on any atom is 0.341 e. The van der Waals surface area contributed by atoms with E-state index in [9.17, 15) is 9.59 Å². The summed E-state index contributed by atoms with van der Waals surface area (Å²) in [6.07, 6.45) is 7.92. The van der Waals surface area contributed by atoms with Crippen molar-refractivity contribution in [3.05, 3.63) is 45.3 Å². The Bertz CT molecular complexity index is 933. The summed E-state index contributed by atoms with van der Waals surface area (Å²) < 4.78 is 10.9. The summed E-state index contributed by atoms with van der Waals surface area (Å²) in [5.74, 6) is 0.0707. The summed E-state index contributed by atoms with van der Waals surface area (Å²) in [6, 6.07) is 6.11. The van der Waals surface area contributed by atoms with Gasteiger partial charge in [0.05, 0.1) is 12.7 Å². The van der Waals surface area contributed by atoms with E-state index in [0.717, 1.165) is 44.1 Å². The van der Waals surface area contributed by atoms with Gasteiger partial charge in [-0.2, -0.15) is 0 Å². The molecule has 0 spiro atoms. The third-order valence-electron chi connectivity index (χ3n) is 5.80. The Balaban J connectivity index is 1.49. The van der Waals surface area contributed by atoms with Crippen LogP contribution in [0.1, 0.15) is 64.5 Å². The Labute approximate surface area is 175 Å². The molecule has 4 rings (SSSR count). The Kier molecular flexibility index (Phi) is 5.90. The van der Waals surface area contributed by atoms with Crippen LogP contribution in [0.3, 0.4) is 0 Å². The van der Waals surface area contributed by atoms with E-state index in [1.165, 1.54) is 47.3 Å². The van der Waals surface area contributed by atoms with E-state index < -0.39 is 6.10 Å². The molecule has 1 aromatic heterocycles. The zero-order valence-corrected chi connectivity index (χ0v) is 17.8. The fourth-order valence-corrected chi connectivity index (χ4v) is 5.51. The highest BCUT2D eigenvalue weighted by Gasteiger charge is 2.28. The van der Waals surface area contributed by atoms with Gasteiger partial charge in [-0.1, -0.05) is 6.07 Å². The van der Waals surface area contributed by atoms with Crippen molar-refractivity contribution >= 4 is 28.2 Å². The first-order valence-corrected chi connectivity index (χ1v) is 11.2. The van der Waals surface area contributed by atoms with Crippen LogP contribution in [0.2, 0.25) is 0 Å². The standard InChI is InChI=1S/C23H27NO4S/c1-14(28-17-12-11-15-7-3-4-8-16(15)13-17)21(25)24-22-20(23(26)27-2)18-9-5-6-10-19(18)29-22/h11-14H,3-10H2,1-2H3,(H,24,25)/t14-/m1/s1. The molecule has 1 aromatic carbocycles. The van der Waals surface area contributed by atoms with Gasteiger partial charge in [0, 0.05) is 4.88 Å². The Morgan fingerprint density at radius 3 is 2.55 bits per heavy atom. The highest BCUT2D eigenvalue weighted by Crippen LogP contribution is 2.38. The van der Waals surface area contributed by atoms with Gasteiger partial charge >= 0.3 is 5.97 Å². The van der Waals surface area contributed by atoms with Gasteiger partial charge in [0.2, 0.25) is 0 Å². The second-order valence-corrected chi connectivity index (χ2v) is 8.90. The molecule has 0 saturated heterocycles. The maximum absolute atomic E-state index is 12.8. The molecule has 1 atom stereocenters. The number of rotatable bonds is 5. The summed E-state index contributed by atoms with van der Waals surface area (Å²) >= 11 is 1.49. The highest BCUT2D eigenvalue weighted by atomic mass is 32.1. The van der Waals surface area contributed by atoms with Crippen LogP contribution < -0.4 is 10.1 Å². The molecule has 0 radical (unpaired) electrons. The van der Waals surface area contributed by atoms with Crippen LogP contribution in [0.25, 0.3) is 0 Å². The van der Waals surface area contributed by atoms with E-state index in [1.807, 2.05) is 6.07 Å². The average Bonchev–Trinajstić information content (AvgIpc) is 3.10. The molecule has 1 heterocycles. The Morgan fingerprint density at radius 1 is 1.03 bits per heavy atom. The highest BCUT2D eigenvalue weighted by molar-refractivity contribution is 7.17. The summed E-state index contributed by atoms with van der Waals surface area (Å²) in [4.78, 5) is 26.3. The lowest BCUT2D eigenvalue weighted by Crippen LogP contribution is -2.30. The molecule has 5 nitrogen and oxygen atoms in total. The number of thiophene rings is 1. The molecular weight excluding hydrogens is 386 g/mol. The van der Waals surface area contributed by atoms with Gasteiger partial charge < -0.3 is 14.8 Å². The number of nitrogens with one attached hydrogen (secondary N) is 1. The van der Waals surface area contributed by atoms with Gasteiger partial charge in [-0.15, -0.1) is 11.3 Å². The van der Waals surface area contributed by atoms with E-state index in [-0.39, 0.29) is 11.9 Å². The number of carbonyl (C=O) groups is 2. The van der Waals surface area contributed by atoms with Crippen molar-refractivity contribution in [2.24, 2.45) is 0 Å². The number of anilines is 1. The molecule has 1 N–H and O–H groups in total. The number of amides is 1. The quantitative estimate of drug-likeness (QED) is 0.722. The number of ether oxygens (including phenoxy) is 2. The number of fused-ring (bicyclic) bond motifs is 2. The SMILES string of the molecule is COC(=O)c1c(NC(=O)[C@@H](C)Oc2ccc3c(c2)CCCC3)sc2c1CCCC2. The normalized spacial score (nSPS) is 16.3. The molecule has 2 aliphatic carbocycles. The minimum Gasteiger partial charge on any atom is -0.481 e. The first-order chi connectivity index (χ1) is 14.1. The fourth-order valence-electron chi connectivity index (χ4n) is 4.23. The summed E-state index contributed by atoms with van der Waals surface area (Å²) in [7, 11) is 1.38. The lowest BCUT2D eigenvalue weighted by atomic mass is 9.92. The molecule has 6 heteroatoms. The monoisotopic (exact) mass is 413 g/mol. The lowest BCUT2D eigenvalue weighted by molar-refractivity contribution is -0.122. The average molecular weight is 414 g/mol. The third-order valence-corrected chi connectivity index (χ3v) is 7.01. The molecule has 29 heavy (non-hydrogen) atoms. The molecular formula is C23H27NO4S. The molecule has 154 valence electrons. The number of carbonyl (C=O) groups excluding carboxylic acids is 2. The van der Waals surface area contributed by atoms with Gasteiger partial charge in [-0.05, 0) is 87.1 Å². The van der Waals surface area contributed by atoms with Crippen molar-refractivity contribution in [1.29, 1.82) is 0 Å². The topological polar surface area (TPSA) is 64.6 Å². The Morgan fingerprint density at radius 2 is 1.76 bits per heavy atom. The smallest absolute Gasteiger partial charge is 0.341 e. The molecule has 0 unspecified atom stereocenters. The van der Waals surface area contributed by atoms with E-state index in [2.05, 4.69) is 17.4 Å². The maximum atomic E-state index is 12.8. The minimum atomic E-state index is -0.665. The van der Waals surface area contributed by atoms with Gasteiger partial charge in [-0.3, -0.25) is 4.79 Å². The third kappa shape index (κ3) is 4.17. The largest absolute Gasteiger partial charge is 0.481 e. The molecule has 2 aliphatic rings. The Hall–Kier alpha value is -2.34. The van der Waals surface area contributed by atoms with Crippen LogP contribution in [0.5, 0.6) is 5.75 Å². The minimum absolute atomic E-state index is 0.258.